The van der Waals surface area contributed by atoms with Crippen molar-refractivity contribution < 1.29 is 19.1 Å². The average molecular weight is 496 g/mol. The van der Waals surface area contributed by atoms with Gasteiger partial charge in [-0.05, 0) is 78.9 Å². The third kappa shape index (κ3) is 5.41. The zero-order valence-corrected chi connectivity index (χ0v) is 20.0. The lowest BCUT2D eigenvalue weighted by molar-refractivity contribution is 0.0992. The van der Waals surface area contributed by atoms with Gasteiger partial charge in [-0.2, -0.15) is 5.10 Å². The van der Waals surface area contributed by atoms with Gasteiger partial charge in [0.25, 0.3) is 11.8 Å². The molecule has 3 N–H and O–H groups in total. The second kappa shape index (κ2) is 10.5. The van der Waals surface area contributed by atoms with Crippen molar-refractivity contribution >= 4 is 29.0 Å². The highest BCUT2D eigenvalue weighted by Gasteiger charge is 2.14. The molecular weight excluding hydrogens is 470 g/mol. The number of nitrogens with zero attached hydrogens (tertiary/aromatic N) is 3. The van der Waals surface area contributed by atoms with Gasteiger partial charge in [-0.1, -0.05) is 0 Å². The van der Waals surface area contributed by atoms with Gasteiger partial charge in [0.15, 0.2) is 5.78 Å². The van der Waals surface area contributed by atoms with E-state index in [1.807, 2.05) is 12.1 Å². The molecule has 0 radical (unpaired) electrons. The molecule has 9 heteroatoms. The van der Waals surface area contributed by atoms with Crippen LogP contribution in [0.1, 0.15) is 36.8 Å². The third-order valence-corrected chi connectivity index (χ3v) is 6.15. The van der Waals surface area contributed by atoms with E-state index in [0.29, 0.717) is 41.3 Å². The number of amides is 2. The van der Waals surface area contributed by atoms with E-state index in [2.05, 4.69) is 15.3 Å². The molecule has 186 valence electrons. The topological polar surface area (TPSA) is 120 Å². The minimum atomic E-state index is -0.605. The van der Waals surface area contributed by atoms with Gasteiger partial charge in [0.1, 0.15) is 5.69 Å². The van der Waals surface area contributed by atoms with Crippen LogP contribution in [0, 0.1) is 0 Å². The maximum absolute atomic E-state index is 12.9. The molecule has 1 aliphatic rings. The summed E-state index contributed by atoms with van der Waals surface area (Å²) in [6.07, 6.45) is 1.63. The van der Waals surface area contributed by atoms with Crippen molar-refractivity contribution in [3.63, 3.8) is 0 Å². The number of nitrogens with one attached hydrogen (secondary N) is 1. The Kier molecular flexibility index (Phi) is 6.78. The highest BCUT2D eigenvalue weighted by Crippen LogP contribution is 2.19. The van der Waals surface area contributed by atoms with Crippen molar-refractivity contribution in [1.29, 1.82) is 0 Å². The molecule has 1 aliphatic heterocycles. The number of benzene rings is 3. The molecule has 37 heavy (non-hydrogen) atoms. The number of ketones is 1. The lowest BCUT2D eigenvalue weighted by atomic mass is 10.0. The number of aromatic nitrogens is 2. The van der Waals surface area contributed by atoms with Crippen LogP contribution in [0.25, 0.3) is 5.69 Å². The van der Waals surface area contributed by atoms with Crippen LogP contribution < -0.4 is 16.0 Å². The van der Waals surface area contributed by atoms with Crippen LogP contribution in [0.5, 0.6) is 0 Å². The van der Waals surface area contributed by atoms with Crippen LogP contribution in [0.4, 0.5) is 11.4 Å². The summed E-state index contributed by atoms with van der Waals surface area (Å²) in [7, 11) is 0. The molecule has 2 heterocycles. The molecule has 0 spiro atoms. The Morgan fingerprint density at radius 2 is 1.32 bits per heavy atom. The molecule has 1 fully saturated rings. The zero-order chi connectivity index (χ0) is 25.8. The van der Waals surface area contributed by atoms with Crippen molar-refractivity contribution in [2.45, 2.75) is 0 Å². The normalized spacial score (nSPS) is 13.2. The first-order chi connectivity index (χ1) is 18.0. The van der Waals surface area contributed by atoms with Gasteiger partial charge in [0.2, 0.25) is 0 Å². The molecule has 9 nitrogen and oxygen atoms in total. The number of hydrogen-bond acceptors (Lipinski definition) is 6. The minimum absolute atomic E-state index is 0.151. The molecule has 2 amide bonds. The number of anilines is 2. The number of ether oxygens (including phenoxy) is 1. The zero-order valence-electron chi connectivity index (χ0n) is 20.0. The Bertz CT molecular complexity index is 1420. The van der Waals surface area contributed by atoms with E-state index in [-0.39, 0.29) is 17.4 Å². The predicted molar refractivity (Wildman–Crippen MR) is 139 cm³/mol. The van der Waals surface area contributed by atoms with E-state index < -0.39 is 5.91 Å². The number of carbonyl (C=O) groups excluding carboxylic acids is 3. The first kappa shape index (κ1) is 24.0. The lowest BCUT2D eigenvalue weighted by Gasteiger charge is -2.28. The summed E-state index contributed by atoms with van der Waals surface area (Å²) in [4.78, 5) is 39.1. The fourth-order valence-electron chi connectivity index (χ4n) is 4.08. The SMILES string of the molecule is NC(=O)c1ccn(-c2ccc(C(=O)c3ccc(NC(=O)c4ccc(N5CCOCC5)cc4)cc3)cc2)n1. The summed E-state index contributed by atoms with van der Waals surface area (Å²) >= 11 is 0. The standard InChI is InChI=1S/C28H25N5O4/c29-27(35)25-13-14-33(31-25)24-11-3-20(4-12-24)26(34)19-1-7-22(8-2-19)30-28(36)21-5-9-23(10-6-21)32-15-17-37-18-16-32/h1-14H,15-18H2,(H2,29,35)(H,30,36). The van der Waals surface area contributed by atoms with E-state index in [0.717, 1.165) is 18.8 Å². The minimum Gasteiger partial charge on any atom is -0.378 e. The lowest BCUT2D eigenvalue weighted by Crippen LogP contribution is -2.36. The van der Waals surface area contributed by atoms with Crippen LogP contribution >= 0.6 is 0 Å². The predicted octanol–water partition coefficient (Wildman–Crippen LogP) is 3.29. The molecule has 0 bridgehead atoms. The number of carbonyl (C=O) groups is 3. The largest absolute Gasteiger partial charge is 0.378 e. The van der Waals surface area contributed by atoms with E-state index >= 15 is 0 Å². The Labute approximate surface area is 213 Å². The molecule has 5 rings (SSSR count). The smallest absolute Gasteiger partial charge is 0.269 e. The highest BCUT2D eigenvalue weighted by molar-refractivity contribution is 6.09. The first-order valence-electron chi connectivity index (χ1n) is 11.8. The number of nitrogens with two attached hydrogens (primary N) is 1. The molecule has 0 aliphatic carbocycles. The van der Waals surface area contributed by atoms with Gasteiger partial charge in [0.05, 0.1) is 18.9 Å². The van der Waals surface area contributed by atoms with Crippen molar-refractivity contribution in [2.75, 3.05) is 36.5 Å². The summed E-state index contributed by atoms with van der Waals surface area (Å²) in [6, 6.07) is 22.7. The van der Waals surface area contributed by atoms with Crippen molar-refractivity contribution in [1.82, 2.24) is 9.78 Å². The Hall–Kier alpha value is -4.76. The fourth-order valence-corrected chi connectivity index (χ4v) is 4.08. The van der Waals surface area contributed by atoms with Gasteiger partial charge in [-0.3, -0.25) is 14.4 Å². The van der Waals surface area contributed by atoms with Crippen LogP contribution in [-0.4, -0.2) is 53.7 Å². The third-order valence-electron chi connectivity index (χ3n) is 6.15. The van der Waals surface area contributed by atoms with Crippen LogP contribution in [-0.2, 0) is 4.74 Å². The van der Waals surface area contributed by atoms with Gasteiger partial charge >= 0.3 is 0 Å². The summed E-state index contributed by atoms with van der Waals surface area (Å²) in [6.45, 7) is 3.08. The molecule has 0 saturated carbocycles. The molecule has 0 unspecified atom stereocenters. The van der Waals surface area contributed by atoms with Crippen LogP contribution in [0.15, 0.2) is 85.1 Å². The molecular formula is C28H25N5O4. The van der Waals surface area contributed by atoms with E-state index in [1.165, 1.54) is 10.7 Å². The van der Waals surface area contributed by atoms with Crippen molar-refractivity contribution in [3.8, 4) is 5.69 Å². The maximum Gasteiger partial charge on any atom is 0.269 e. The highest BCUT2D eigenvalue weighted by atomic mass is 16.5. The van der Waals surface area contributed by atoms with Gasteiger partial charge in [0, 0.05) is 47.4 Å². The molecule has 1 aromatic heterocycles. The van der Waals surface area contributed by atoms with Gasteiger partial charge in [-0.25, -0.2) is 4.68 Å². The van der Waals surface area contributed by atoms with E-state index in [9.17, 15) is 14.4 Å². The summed E-state index contributed by atoms with van der Waals surface area (Å²) < 4.78 is 6.90. The number of primary amides is 1. The van der Waals surface area contributed by atoms with Gasteiger partial charge < -0.3 is 20.7 Å². The van der Waals surface area contributed by atoms with E-state index in [1.54, 1.807) is 66.9 Å². The molecule has 4 aromatic rings. The number of morpholine rings is 1. The summed E-state index contributed by atoms with van der Waals surface area (Å²) in [5.74, 6) is -0.977. The number of hydrogen-bond donors (Lipinski definition) is 2. The van der Waals surface area contributed by atoms with Crippen LogP contribution in [0.2, 0.25) is 0 Å². The second-order valence-corrected chi connectivity index (χ2v) is 8.56. The molecule has 0 atom stereocenters. The summed E-state index contributed by atoms with van der Waals surface area (Å²) in [5, 5.41) is 6.98. The average Bonchev–Trinajstić information content (AvgIpc) is 3.45. The monoisotopic (exact) mass is 495 g/mol. The fraction of sp³-hybridized carbons (Fsp3) is 0.143. The molecule has 3 aromatic carbocycles. The Morgan fingerprint density at radius 1 is 0.757 bits per heavy atom. The maximum atomic E-state index is 12.9. The molecule has 1 saturated heterocycles. The Morgan fingerprint density at radius 3 is 1.92 bits per heavy atom. The second-order valence-electron chi connectivity index (χ2n) is 8.56. The summed E-state index contributed by atoms with van der Waals surface area (Å²) in [5.41, 5.74) is 9.32. The van der Waals surface area contributed by atoms with Crippen LogP contribution in [0.3, 0.4) is 0 Å². The van der Waals surface area contributed by atoms with E-state index in [4.69, 9.17) is 10.5 Å². The number of rotatable bonds is 7. The van der Waals surface area contributed by atoms with Gasteiger partial charge in [-0.15, -0.1) is 0 Å². The quantitative estimate of drug-likeness (QED) is 0.380. The first-order valence-corrected chi connectivity index (χ1v) is 11.8. The Balaban J connectivity index is 1.21. The van der Waals surface area contributed by atoms with Crippen molar-refractivity contribution in [2.24, 2.45) is 5.73 Å². The van der Waals surface area contributed by atoms with Crippen molar-refractivity contribution in [3.05, 3.63) is 107 Å².